The summed E-state index contributed by atoms with van der Waals surface area (Å²) in [6.45, 7) is 0.449. The van der Waals surface area contributed by atoms with Crippen LogP contribution in [0.1, 0.15) is 11.5 Å². The predicted molar refractivity (Wildman–Crippen MR) is 52.3 cm³/mol. The molecule has 0 bridgehead atoms. The van der Waals surface area contributed by atoms with Gasteiger partial charge in [-0.3, -0.25) is 0 Å². The van der Waals surface area contributed by atoms with Gasteiger partial charge in [-0.15, -0.1) is 0 Å². The highest BCUT2D eigenvalue weighted by atomic mass is 16.5. The van der Waals surface area contributed by atoms with Crippen LogP contribution in [-0.2, 0) is 9.47 Å². The topological polar surface area (TPSA) is 66.0 Å². The third-order valence-corrected chi connectivity index (χ3v) is 1.97. The molecule has 0 aliphatic carbocycles. The first-order chi connectivity index (χ1) is 7.38. The molecule has 4 nitrogen and oxygen atoms in total. The lowest BCUT2D eigenvalue weighted by molar-refractivity contribution is 0.177. The van der Waals surface area contributed by atoms with Gasteiger partial charge in [0.05, 0.1) is 5.92 Å². The molecule has 1 aromatic rings. The van der Waals surface area contributed by atoms with E-state index < -0.39 is 0 Å². The van der Waals surface area contributed by atoms with E-state index in [1.807, 2.05) is 30.3 Å². The van der Waals surface area contributed by atoms with Gasteiger partial charge in [-0.05, 0) is 5.56 Å². The maximum absolute atomic E-state index is 8.31. The van der Waals surface area contributed by atoms with Gasteiger partial charge in [0, 0.05) is 0 Å². The van der Waals surface area contributed by atoms with Gasteiger partial charge >= 0.3 is 0 Å². The van der Waals surface area contributed by atoms with Gasteiger partial charge in [0.25, 0.3) is 12.5 Å². The zero-order valence-electron chi connectivity index (χ0n) is 8.09. The standard InChI is InChI=1S/C11H10N2O2/c12-8-14-6-11(7-15-9-13)10-4-2-1-3-5-10/h1-5,11H,6-7H2. The molecule has 0 aromatic heterocycles. The molecule has 0 saturated carbocycles. The molecular weight excluding hydrogens is 192 g/mol. The Bertz CT molecular complexity index is 346. The minimum Gasteiger partial charge on any atom is -0.427 e. The molecule has 0 N–H and O–H groups in total. The average molecular weight is 202 g/mol. The first-order valence-electron chi connectivity index (χ1n) is 4.45. The fourth-order valence-electron chi connectivity index (χ4n) is 1.24. The van der Waals surface area contributed by atoms with Crippen molar-refractivity contribution in [3.05, 3.63) is 35.9 Å². The zero-order chi connectivity index (χ0) is 10.9. The van der Waals surface area contributed by atoms with Crippen LogP contribution in [0, 0.1) is 23.0 Å². The predicted octanol–water partition coefficient (Wildman–Crippen LogP) is 1.77. The summed E-state index contributed by atoms with van der Waals surface area (Å²) in [5.41, 5.74) is 0.989. The molecule has 1 aromatic carbocycles. The molecule has 0 spiro atoms. The first-order valence-corrected chi connectivity index (χ1v) is 4.45. The molecule has 0 amide bonds. The lowest BCUT2D eigenvalue weighted by Gasteiger charge is -2.13. The highest BCUT2D eigenvalue weighted by Gasteiger charge is 2.12. The normalized spacial score (nSPS) is 9.00. The van der Waals surface area contributed by atoms with Crippen molar-refractivity contribution in [2.45, 2.75) is 5.92 Å². The molecule has 0 unspecified atom stereocenters. The molecule has 0 fully saturated rings. The van der Waals surface area contributed by atoms with Gasteiger partial charge in [0.15, 0.2) is 0 Å². The van der Waals surface area contributed by atoms with Gasteiger partial charge in [-0.1, -0.05) is 30.3 Å². The van der Waals surface area contributed by atoms with E-state index in [2.05, 4.69) is 9.47 Å². The Kier molecular flexibility index (Phi) is 4.56. The van der Waals surface area contributed by atoms with E-state index in [0.717, 1.165) is 5.56 Å². The zero-order valence-corrected chi connectivity index (χ0v) is 8.09. The van der Waals surface area contributed by atoms with Crippen LogP contribution in [-0.4, -0.2) is 13.2 Å². The second-order valence-electron chi connectivity index (χ2n) is 2.91. The van der Waals surface area contributed by atoms with Crippen molar-refractivity contribution >= 4 is 0 Å². The maximum Gasteiger partial charge on any atom is 0.286 e. The molecule has 0 heterocycles. The van der Waals surface area contributed by atoms with Crippen molar-refractivity contribution in [1.82, 2.24) is 0 Å². The largest absolute Gasteiger partial charge is 0.427 e. The van der Waals surface area contributed by atoms with Crippen molar-refractivity contribution in [2.75, 3.05) is 13.2 Å². The number of hydrogen-bond acceptors (Lipinski definition) is 4. The summed E-state index contributed by atoms with van der Waals surface area (Å²) in [6, 6.07) is 9.50. The van der Waals surface area contributed by atoms with Crippen molar-refractivity contribution < 1.29 is 9.47 Å². The third kappa shape index (κ3) is 3.58. The summed E-state index contributed by atoms with van der Waals surface area (Å²) in [7, 11) is 0. The third-order valence-electron chi connectivity index (χ3n) is 1.97. The Balaban J connectivity index is 2.64. The van der Waals surface area contributed by atoms with E-state index in [1.54, 1.807) is 12.5 Å². The van der Waals surface area contributed by atoms with Crippen LogP contribution < -0.4 is 0 Å². The first kappa shape index (κ1) is 10.9. The molecule has 0 radical (unpaired) electrons. The summed E-state index contributed by atoms with van der Waals surface area (Å²) < 4.78 is 9.33. The maximum atomic E-state index is 8.31. The van der Waals surface area contributed by atoms with Crippen molar-refractivity contribution in [2.24, 2.45) is 0 Å². The van der Waals surface area contributed by atoms with Gasteiger partial charge in [-0.2, -0.15) is 10.5 Å². The molecule has 15 heavy (non-hydrogen) atoms. The van der Waals surface area contributed by atoms with Gasteiger partial charge in [0.2, 0.25) is 0 Å². The Hall–Kier alpha value is -2.20. The highest BCUT2D eigenvalue weighted by molar-refractivity contribution is 5.19. The Morgan fingerprint density at radius 3 is 2.00 bits per heavy atom. The van der Waals surface area contributed by atoms with Crippen LogP contribution in [0.5, 0.6) is 0 Å². The summed E-state index contributed by atoms with van der Waals surface area (Å²) in [4.78, 5) is 0. The van der Waals surface area contributed by atoms with E-state index in [4.69, 9.17) is 10.5 Å². The Morgan fingerprint density at radius 1 is 1.00 bits per heavy atom. The van der Waals surface area contributed by atoms with E-state index in [9.17, 15) is 0 Å². The Morgan fingerprint density at radius 2 is 1.53 bits per heavy atom. The summed E-state index contributed by atoms with van der Waals surface area (Å²) in [5.74, 6) is -0.0921. The van der Waals surface area contributed by atoms with Gasteiger partial charge in [0.1, 0.15) is 13.2 Å². The van der Waals surface area contributed by atoms with Gasteiger partial charge in [-0.25, -0.2) is 0 Å². The smallest absolute Gasteiger partial charge is 0.286 e. The lowest BCUT2D eigenvalue weighted by atomic mass is 10.0. The van der Waals surface area contributed by atoms with Crippen molar-refractivity contribution in [1.29, 1.82) is 10.5 Å². The second-order valence-corrected chi connectivity index (χ2v) is 2.91. The van der Waals surface area contributed by atoms with Gasteiger partial charge < -0.3 is 9.47 Å². The van der Waals surface area contributed by atoms with E-state index in [0.29, 0.717) is 0 Å². The molecule has 76 valence electrons. The van der Waals surface area contributed by atoms with Crippen LogP contribution in [0.2, 0.25) is 0 Å². The number of nitrogens with zero attached hydrogens (tertiary/aromatic N) is 2. The van der Waals surface area contributed by atoms with Crippen LogP contribution in [0.15, 0.2) is 30.3 Å². The molecule has 1 rings (SSSR count). The van der Waals surface area contributed by atoms with E-state index in [-0.39, 0.29) is 19.1 Å². The molecule has 4 heteroatoms. The second kappa shape index (κ2) is 6.28. The molecule has 0 atom stereocenters. The SMILES string of the molecule is N#COCC(COC#N)c1ccccc1. The number of benzene rings is 1. The molecule has 0 aliphatic rings. The fourth-order valence-corrected chi connectivity index (χ4v) is 1.24. The minimum absolute atomic E-state index is 0.0921. The number of hydrogen-bond donors (Lipinski definition) is 0. The average Bonchev–Trinajstić information content (AvgIpc) is 2.30. The van der Waals surface area contributed by atoms with Crippen molar-refractivity contribution in [3.63, 3.8) is 0 Å². The monoisotopic (exact) mass is 202 g/mol. The number of nitriles is 2. The lowest BCUT2D eigenvalue weighted by Crippen LogP contribution is -2.11. The minimum atomic E-state index is -0.0921. The number of ether oxygens (including phenoxy) is 2. The van der Waals surface area contributed by atoms with E-state index in [1.165, 1.54) is 0 Å². The summed E-state index contributed by atoms with van der Waals surface area (Å²) in [5, 5.41) is 16.6. The molecule has 0 aliphatic heterocycles. The quantitative estimate of drug-likeness (QED) is 0.682. The van der Waals surface area contributed by atoms with Crippen LogP contribution >= 0.6 is 0 Å². The van der Waals surface area contributed by atoms with Crippen LogP contribution in [0.4, 0.5) is 0 Å². The molecular formula is C11H10N2O2. The molecule has 0 saturated heterocycles. The van der Waals surface area contributed by atoms with E-state index >= 15 is 0 Å². The Labute approximate surface area is 88.3 Å². The summed E-state index contributed by atoms with van der Waals surface area (Å²) >= 11 is 0. The van der Waals surface area contributed by atoms with Crippen LogP contribution in [0.3, 0.4) is 0 Å². The van der Waals surface area contributed by atoms with Crippen LogP contribution in [0.25, 0.3) is 0 Å². The summed E-state index contributed by atoms with van der Waals surface area (Å²) in [6.07, 6.45) is 3.21. The van der Waals surface area contributed by atoms with Crippen molar-refractivity contribution in [3.8, 4) is 12.5 Å². The highest BCUT2D eigenvalue weighted by Crippen LogP contribution is 2.16. The number of rotatable bonds is 5. The fraction of sp³-hybridized carbons (Fsp3) is 0.273.